The Hall–Kier alpha value is -3.65. The highest BCUT2D eigenvalue weighted by Crippen LogP contribution is 2.16. The van der Waals surface area contributed by atoms with Crippen molar-refractivity contribution >= 4 is 22.6 Å². The van der Waals surface area contributed by atoms with Gasteiger partial charge in [0.25, 0.3) is 5.91 Å². The average Bonchev–Trinajstić information content (AvgIpc) is 2.72. The van der Waals surface area contributed by atoms with Gasteiger partial charge in [-0.2, -0.15) is 5.26 Å². The average molecular weight is 358 g/mol. The third-order valence-electron chi connectivity index (χ3n) is 4.33. The van der Waals surface area contributed by atoms with Crippen LogP contribution in [0.15, 0.2) is 66.7 Å². The highest BCUT2D eigenvalue weighted by atomic mass is 16.5. The van der Waals surface area contributed by atoms with E-state index in [1.807, 2.05) is 36.4 Å². The van der Waals surface area contributed by atoms with E-state index in [0.29, 0.717) is 11.1 Å². The number of benzene rings is 3. The zero-order chi connectivity index (χ0) is 19.2. The fraction of sp³-hybridized carbons (Fsp3) is 0.136. The van der Waals surface area contributed by atoms with E-state index in [0.717, 1.165) is 16.3 Å². The molecule has 0 fully saturated rings. The Balaban J connectivity index is 1.79. The molecule has 0 heterocycles. The van der Waals surface area contributed by atoms with Crippen LogP contribution in [-0.4, -0.2) is 25.0 Å². The summed E-state index contributed by atoms with van der Waals surface area (Å²) < 4.78 is 4.83. The fourth-order valence-electron chi connectivity index (χ4n) is 2.86. The molecule has 0 aliphatic heterocycles. The Labute approximate surface area is 157 Å². The number of nitrogens with one attached hydrogen (secondary N) is 1. The minimum Gasteiger partial charge on any atom is -0.467 e. The molecule has 1 atom stereocenters. The number of carbonyl (C=O) groups excluding carboxylic acids is 2. The second kappa shape index (κ2) is 8.15. The van der Waals surface area contributed by atoms with Gasteiger partial charge in [0.15, 0.2) is 0 Å². The van der Waals surface area contributed by atoms with Gasteiger partial charge in [0.1, 0.15) is 6.04 Å². The molecule has 0 aromatic heterocycles. The molecule has 1 N–H and O–H groups in total. The van der Waals surface area contributed by atoms with E-state index >= 15 is 0 Å². The molecule has 0 radical (unpaired) electrons. The van der Waals surface area contributed by atoms with Gasteiger partial charge in [-0.3, -0.25) is 4.79 Å². The van der Waals surface area contributed by atoms with E-state index in [-0.39, 0.29) is 12.3 Å². The molecule has 0 bridgehead atoms. The van der Waals surface area contributed by atoms with E-state index in [1.54, 1.807) is 36.4 Å². The standard InChI is InChI=1S/C22H18N2O3/c1-27-22(26)20(12-15-6-8-16(14-23)9-7-15)24-21(25)19-11-10-17-4-2-3-5-18(17)13-19/h2-11,13,20H,12H2,1H3,(H,24,25)/t20-/m0/s1. The number of ether oxygens (including phenoxy) is 1. The van der Waals surface area contributed by atoms with Gasteiger partial charge in [-0.05, 0) is 40.6 Å². The molecular formula is C22H18N2O3. The maximum atomic E-state index is 12.6. The Morgan fingerprint density at radius 1 is 1.04 bits per heavy atom. The minimum atomic E-state index is -0.818. The summed E-state index contributed by atoms with van der Waals surface area (Å²) in [6.07, 6.45) is 0.275. The number of esters is 1. The zero-order valence-electron chi connectivity index (χ0n) is 14.8. The van der Waals surface area contributed by atoms with Crippen LogP contribution in [0.1, 0.15) is 21.5 Å². The predicted molar refractivity (Wildman–Crippen MR) is 102 cm³/mol. The van der Waals surface area contributed by atoms with Crippen LogP contribution in [0.2, 0.25) is 0 Å². The molecule has 0 aliphatic carbocycles. The molecule has 0 saturated carbocycles. The van der Waals surface area contributed by atoms with Crippen LogP contribution in [0.5, 0.6) is 0 Å². The molecular weight excluding hydrogens is 340 g/mol. The first-order valence-electron chi connectivity index (χ1n) is 8.47. The van der Waals surface area contributed by atoms with Crippen LogP contribution in [0.3, 0.4) is 0 Å². The van der Waals surface area contributed by atoms with Crippen LogP contribution in [-0.2, 0) is 16.0 Å². The van der Waals surface area contributed by atoms with Crippen molar-refractivity contribution in [3.63, 3.8) is 0 Å². The highest BCUT2D eigenvalue weighted by molar-refractivity contribution is 6.00. The van der Waals surface area contributed by atoms with Crippen molar-refractivity contribution in [1.29, 1.82) is 5.26 Å². The smallest absolute Gasteiger partial charge is 0.328 e. The van der Waals surface area contributed by atoms with Crippen molar-refractivity contribution in [2.45, 2.75) is 12.5 Å². The number of fused-ring (bicyclic) bond motifs is 1. The van der Waals surface area contributed by atoms with Gasteiger partial charge in [0.2, 0.25) is 0 Å². The lowest BCUT2D eigenvalue weighted by molar-refractivity contribution is -0.142. The van der Waals surface area contributed by atoms with E-state index in [2.05, 4.69) is 5.32 Å². The number of hydrogen-bond acceptors (Lipinski definition) is 4. The molecule has 1 amide bonds. The van der Waals surface area contributed by atoms with Gasteiger partial charge in [0.05, 0.1) is 18.7 Å². The molecule has 0 unspecified atom stereocenters. The molecule has 3 rings (SSSR count). The summed E-state index contributed by atoms with van der Waals surface area (Å²) in [6.45, 7) is 0. The maximum Gasteiger partial charge on any atom is 0.328 e. The summed E-state index contributed by atoms with van der Waals surface area (Å²) in [4.78, 5) is 24.8. The van der Waals surface area contributed by atoms with Crippen LogP contribution in [0.25, 0.3) is 10.8 Å². The van der Waals surface area contributed by atoms with E-state index in [1.165, 1.54) is 7.11 Å². The Bertz CT molecular complexity index is 1020. The quantitative estimate of drug-likeness (QED) is 0.710. The van der Waals surface area contributed by atoms with Crippen LogP contribution >= 0.6 is 0 Å². The van der Waals surface area contributed by atoms with Gasteiger partial charge >= 0.3 is 5.97 Å². The molecule has 134 valence electrons. The largest absolute Gasteiger partial charge is 0.467 e. The SMILES string of the molecule is COC(=O)[C@H](Cc1ccc(C#N)cc1)NC(=O)c1ccc2ccccc2c1. The molecule has 3 aromatic carbocycles. The van der Waals surface area contributed by atoms with Crippen molar-refractivity contribution in [2.75, 3.05) is 7.11 Å². The van der Waals surface area contributed by atoms with Gasteiger partial charge < -0.3 is 10.1 Å². The second-order valence-corrected chi connectivity index (χ2v) is 6.12. The van der Waals surface area contributed by atoms with Crippen molar-refractivity contribution in [3.05, 3.63) is 83.4 Å². The summed E-state index contributed by atoms with van der Waals surface area (Å²) >= 11 is 0. The normalized spacial score (nSPS) is 11.4. The van der Waals surface area contributed by atoms with E-state index in [4.69, 9.17) is 10.00 Å². The molecule has 5 heteroatoms. The zero-order valence-corrected chi connectivity index (χ0v) is 14.8. The van der Waals surface area contributed by atoms with E-state index < -0.39 is 12.0 Å². The molecule has 0 aliphatic rings. The third-order valence-corrected chi connectivity index (χ3v) is 4.33. The lowest BCUT2D eigenvalue weighted by atomic mass is 10.0. The Morgan fingerprint density at radius 2 is 1.74 bits per heavy atom. The lowest BCUT2D eigenvalue weighted by Crippen LogP contribution is -2.43. The summed E-state index contributed by atoms with van der Waals surface area (Å²) in [6, 6.07) is 21.2. The lowest BCUT2D eigenvalue weighted by Gasteiger charge is -2.17. The molecule has 0 saturated heterocycles. The van der Waals surface area contributed by atoms with Gasteiger partial charge in [-0.15, -0.1) is 0 Å². The Kier molecular flexibility index (Phi) is 5.48. The molecule has 3 aromatic rings. The number of carbonyl (C=O) groups is 2. The van der Waals surface area contributed by atoms with Gasteiger partial charge in [-0.25, -0.2) is 4.79 Å². The van der Waals surface area contributed by atoms with Crippen LogP contribution in [0.4, 0.5) is 0 Å². The first kappa shape index (κ1) is 18.2. The van der Waals surface area contributed by atoms with Gasteiger partial charge in [-0.1, -0.05) is 42.5 Å². The van der Waals surface area contributed by atoms with Crippen molar-refractivity contribution < 1.29 is 14.3 Å². The maximum absolute atomic E-state index is 12.6. The topological polar surface area (TPSA) is 79.2 Å². The first-order valence-corrected chi connectivity index (χ1v) is 8.47. The van der Waals surface area contributed by atoms with Crippen LogP contribution in [0, 0.1) is 11.3 Å². The monoisotopic (exact) mass is 358 g/mol. The molecule has 5 nitrogen and oxygen atoms in total. The number of rotatable bonds is 5. The number of nitrogens with zero attached hydrogens (tertiary/aromatic N) is 1. The summed E-state index contributed by atoms with van der Waals surface area (Å²) in [5.74, 6) is -0.863. The highest BCUT2D eigenvalue weighted by Gasteiger charge is 2.22. The van der Waals surface area contributed by atoms with E-state index in [9.17, 15) is 9.59 Å². The van der Waals surface area contributed by atoms with Crippen molar-refractivity contribution in [1.82, 2.24) is 5.32 Å². The number of nitriles is 1. The summed E-state index contributed by atoms with van der Waals surface area (Å²) in [7, 11) is 1.29. The van der Waals surface area contributed by atoms with Gasteiger partial charge in [0, 0.05) is 12.0 Å². The summed E-state index contributed by atoms with van der Waals surface area (Å²) in [5.41, 5.74) is 1.83. The van der Waals surface area contributed by atoms with Crippen molar-refractivity contribution in [2.24, 2.45) is 0 Å². The molecule has 27 heavy (non-hydrogen) atoms. The predicted octanol–water partition coefficient (Wildman–Crippen LogP) is 3.23. The second-order valence-electron chi connectivity index (χ2n) is 6.12. The number of methoxy groups -OCH3 is 1. The minimum absolute atomic E-state index is 0.275. The fourth-order valence-corrected chi connectivity index (χ4v) is 2.86. The number of amides is 1. The molecule has 0 spiro atoms. The third kappa shape index (κ3) is 4.31. The van der Waals surface area contributed by atoms with Crippen molar-refractivity contribution in [3.8, 4) is 6.07 Å². The Morgan fingerprint density at radius 3 is 2.41 bits per heavy atom. The summed E-state index contributed by atoms with van der Waals surface area (Å²) in [5, 5.41) is 13.6. The van der Waals surface area contributed by atoms with Crippen LogP contribution < -0.4 is 5.32 Å². The first-order chi connectivity index (χ1) is 13.1. The number of hydrogen-bond donors (Lipinski definition) is 1.